The quantitative estimate of drug-likeness (QED) is 0.522. The molecule has 34 heavy (non-hydrogen) atoms. The van der Waals surface area contributed by atoms with Crippen LogP contribution in [0, 0.1) is 0 Å². The highest BCUT2D eigenvalue weighted by Crippen LogP contribution is 2.32. The lowest BCUT2D eigenvalue weighted by molar-refractivity contribution is -0.137. The fourth-order valence-corrected chi connectivity index (χ4v) is 4.55. The summed E-state index contributed by atoms with van der Waals surface area (Å²) in [4.78, 5) is 31.4. The van der Waals surface area contributed by atoms with Crippen LogP contribution < -0.4 is 10.6 Å². The molecule has 2 amide bonds. The number of hydrogen-bond acceptors (Lipinski definition) is 5. The Hall–Kier alpha value is -3.24. The molecule has 2 N–H and O–H groups in total. The van der Waals surface area contributed by atoms with Crippen LogP contribution in [0.5, 0.6) is 0 Å². The number of aromatic nitrogens is 1. The molecule has 1 aliphatic heterocycles. The van der Waals surface area contributed by atoms with E-state index in [9.17, 15) is 22.8 Å². The maximum absolute atomic E-state index is 13.2. The first-order chi connectivity index (χ1) is 16.3. The summed E-state index contributed by atoms with van der Waals surface area (Å²) in [6.45, 7) is 2.59. The van der Waals surface area contributed by atoms with Crippen molar-refractivity contribution in [3.05, 3.63) is 82.4 Å². The van der Waals surface area contributed by atoms with Gasteiger partial charge in [-0.1, -0.05) is 42.5 Å². The van der Waals surface area contributed by atoms with Crippen molar-refractivity contribution in [2.75, 3.05) is 18.4 Å². The standard InChI is InChI=1S/C24H23F3N4O2S/c25-24(26,27)19-9-5-4-8-18(19)21(32)30-23-29-20(15-34-23)22(33)28-17-10-12-31(13-11-17)14-16-6-2-1-3-7-16/h1-9,15,17H,10-14H2,(H,28,33)(H,29,30,32). The topological polar surface area (TPSA) is 74.3 Å². The third-order valence-electron chi connectivity index (χ3n) is 5.61. The number of alkyl halides is 3. The predicted octanol–water partition coefficient (Wildman–Crippen LogP) is 4.81. The van der Waals surface area contributed by atoms with Gasteiger partial charge in [-0.2, -0.15) is 13.2 Å². The molecule has 1 aliphatic rings. The maximum Gasteiger partial charge on any atom is 0.417 e. The van der Waals surface area contributed by atoms with Gasteiger partial charge < -0.3 is 5.32 Å². The number of carbonyl (C=O) groups is 2. The van der Waals surface area contributed by atoms with Crippen molar-refractivity contribution in [2.24, 2.45) is 0 Å². The van der Waals surface area contributed by atoms with Crippen molar-refractivity contribution in [1.29, 1.82) is 0 Å². The second-order valence-electron chi connectivity index (χ2n) is 8.04. The van der Waals surface area contributed by atoms with E-state index in [4.69, 9.17) is 0 Å². The second-order valence-corrected chi connectivity index (χ2v) is 8.90. The van der Waals surface area contributed by atoms with Crippen LogP contribution in [0.1, 0.15) is 44.8 Å². The predicted molar refractivity (Wildman–Crippen MR) is 124 cm³/mol. The molecule has 1 fully saturated rings. The molecular formula is C24H23F3N4O2S. The third kappa shape index (κ3) is 6.00. The summed E-state index contributed by atoms with van der Waals surface area (Å²) >= 11 is 0.985. The Kier molecular flexibility index (Phi) is 7.28. The lowest BCUT2D eigenvalue weighted by Crippen LogP contribution is -2.44. The Morgan fingerprint density at radius 2 is 1.68 bits per heavy atom. The number of anilines is 1. The van der Waals surface area contributed by atoms with Crippen LogP contribution in [0.4, 0.5) is 18.3 Å². The third-order valence-corrected chi connectivity index (χ3v) is 6.36. The first-order valence-corrected chi connectivity index (χ1v) is 11.7. The summed E-state index contributed by atoms with van der Waals surface area (Å²) < 4.78 is 39.5. The van der Waals surface area contributed by atoms with E-state index in [0.717, 1.165) is 55.9 Å². The van der Waals surface area contributed by atoms with Crippen LogP contribution >= 0.6 is 11.3 Å². The van der Waals surface area contributed by atoms with Crippen molar-refractivity contribution < 1.29 is 22.8 Å². The zero-order valence-corrected chi connectivity index (χ0v) is 19.0. The summed E-state index contributed by atoms with van der Waals surface area (Å²) in [5.41, 5.74) is -0.157. The van der Waals surface area contributed by atoms with Crippen molar-refractivity contribution in [1.82, 2.24) is 15.2 Å². The Morgan fingerprint density at radius 1 is 1.00 bits per heavy atom. The number of thiazole rings is 1. The monoisotopic (exact) mass is 488 g/mol. The Balaban J connectivity index is 1.30. The number of nitrogens with zero attached hydrogens (tertiary/aromatic N) is 2. The minimum atomic E-state index is -4.65. The molecule has 1 saturated heterocycles. The largest absolute Gasteiger partial charge is 0.417 e. The summed E-state index contributed by atoms with van der Waals surface area (Å²) in [6, 6.07) is 14.7. The second kappa shape index (κ2) is 10.4. The summed E-state index contributed by atoms with van der Waals surface area (Å²) in [7, 11) is 0. The van der Waals surface area contributed by atoms with Gasteiger partial charge in [-0.05, 0) is 30.5 Å². The maximum atomic E-state index is 13.2. The number of piperidine rings is 1. The molecule has 0 atom stereocenters. The SMILES string of the molecule is O=C(NC1CCN(Cc2ccccc2)CC1)c1csc(NC(=O)c2ccccc2C(F)(F)F)n1. The average molecular weight is 489 g/mol. The van der Waals surface area contributed by atoms with E-state index in [-0.39, 0.29) is 22.8 Å². The molecule has 3 aromatic rings. The van der Waals surface area contributed by atoms with E-state index < -0.39 is 23.2 Å². The zero-order chi connectivity index (χ0) is 24.1. The summed E-state index contributed by atoms with van der Waals surface area (Å²) in [5.74, 6) is -1.30. The Morgan fingerprint density at radius 3 is 2.38 bits per heavy atom. The average Bonchev–Trinajstić information content (AvgIpc) is 3.29. The van der Waals surface area contributed by atoms with Crippen LogP contribution in [0.15, 0.2) is 60.0 Å². The molecule has 4 rings (SSSR count). The van der Waals surface area contributed by atoms with Gasteiger partial charge in [-0.15, -0.1) is 11.3 Å². The number of amides is 2. The van der Waals surface area contributed by atoms with E-state index in [1.165, 1.54) is 23.1 Å². The molecular weight excluding hydrogens is 465 g/mol. The fourth-order valence-electron chi connectivity index (χ4n) is 3.86. The lowest BCUT2D eigenvalue weighted by atomic mass is 10.0. The first-order valence-electron chi connectivity index (χ1n) is 10.8. The lowest BCUT2D eigenvalue weighted by Gasteiger charge is -2.32. The minimum Gasteiger partial charge on any atom is -0.348 e. The summed E-state index contributed by atoms with van der Waals surface area (Å²) in [6.07, 6.45) is -3.04. The minimum absolute atomic E-state index is 0.0120. The molecule has 0 radical (unpaired) electrons. The van der Waals surface area contributed by atoms with Gasteiger partial charge in [0.05, 0.1) is 11.1 Å². The van der Waals surface area contributed by atoms with Crippen LogP contribution in [-0.2, 0) is 12.7 Å². The molecule has 0 aliphatic carbocycles. The smallest absolute Gasteiger partial charge is 0.348 e. The zero-order valence-electron chi connectivity index (χ0n) is 18.1. The van der Waals surface area contributed by atoms with Gasteiger partial charge in [-0.25, -0.2) is 4.98 Å². The van der Waals surface area contributed by atoms with E-state index in [0.29, 0.717) is 0 Å². The number of rotatable bonds is 6. The highest BCUT2D eigenvalue weighted by Gasteiger charge is 2.35. The molecule has 0 saturated carbocycles. The highest BCUT2D eigenvalue weighted by molar-refractivity contribution is 7.14. The molecule has 2 heterocycles. The number of nitrogens with one attached hydrogen (secondary N) is 2. The van der Waals surface area contributed by atoms with E-state index in [2.05, 4.69) is 32.7 Å². The van der Waals surface area contributed by atoms with Crippen LogP contribution in [0.25, 0.3) is 0 Å². The molecule has 178 valence electrons. The Labute approximate surface area is 198 Å². The molecule has 10 heteroatoms. The first kappa shape index (κ1) is 23.9. The molecule has 6 nitrogen and oxygen atoms in total. The number of benzene rings is 2. The van der Waals surface area contributed by atoms with Gasteiger partial charge in [0.1, 0.15) is 5.69 Å². The van der Waals surface area contributed by atoms with Crippen LogP contribution in [0.3, 0.4) is 0 Å². The summed E-state index contributed by atoms with van der Waals surface area (Å²) in [5, 5.41) is 6.86. The molecule has 2 aromatic carbocycles. The van der Waals surface area contributed by atoms with E-state index in [1.807, 2.05) is 18.2 Å². The van der Waals surface area contributed by atoms with Crippen molar-refractivity contribution in [3.63, 3.8) is 0 Å². The number of hydrogen-bond donors (Lipinski definition) is 2. The normalized spacial score (nSPS) is 15.1. The molecule has 1 aromatic heterocycles. The molecule has 0 spiro atoms. The molecule has 0 bridgehead atoms. The highest BCUT2D eigenvalue weighted by atomic mass is 32.1. The van der Waals surface area contributed by atoms with Crippen molar-refractivity contribution in [3.8, 4) is 0 Å². The van der Waals surface area contributed by atoms with Crippen LogP contribution in [0.2, 0.25) is 0 Å². The number of carbonyl (C=O) groups excluding carboxylic acids is 2. The van der Waals surface area contributed by atoms with Gasteiger partial charge in [0.15, 0.2) is 5.13 Å². The number of likely N-dealkylation sites (tertiary alicyclic amines) is 1. The van der Waals surface area contributed by atoms with Gasteiger partial charge in [-0.3, -0.25) is 19.8 Å². The fraction of sp³-hybridized carbons (Fsp3) is 0.292. The van der Waals surface area contributed by atoms with E-state index in [1.54, 1.807) is 0 Å². The molecule has 0 unspecified atom stereocenters. The van der Waals surface area contributed by atoms with E-state index >= 15 is 0 Å². The van der Waals surface area contributed by atoms with Crippen LogP contribution in [-0.4, -0.2) is 40.8 Å². The van der Waals surface area contributed by atoms with Crippen molar-refractivity contribution >= 4 is 28.3 Å². The van der Waals surface area contributed by atoms with Gasteiger partial charge in [0, 0.05) is 31.1 Å². The number of halogens is 3. The Bertz CT molecular complexity index is 1140. The van der Waals surface area contributed by atoms with Crippen molar-refractivity contribution in [2.45, 2.75) is 31.6 Å². The van der Waals surface area contributed by atoms with Gasteiger partial charge in [0.25, 0.3) is 11.8 Å². The van der Waals surface area contributed by atoms with Gasteiger partial charge >= 0.3 is 6.18 Å². The van der Waals surface area contributed by atoms with Gasteiger partial charge in [0.2, 0.25) is 0 Å².